The predicted octanol–water partition coefficient (Wildman–Crippen LogP) is 13.4. The fourth-order valence-electron chi connectivity index (χ4n) is 6.75. The van der Waals surface area contributed by atoms with Crippen LogP contribution in [0.2, 0.25) is 0 Å². The highest BCUT2D eigenvalue weighted by molar-refractivity contribution is 7.26. The molecule has 0 aliphatic carbocycles. The van der Waals surface area contributed by atoms with Crippen LogP contribution >= 0.6 is 11.3 Å². The van der Waals surface area contributed by atoms with E-state index < -0.39 is 60.4 Å². The Morgan fingerprint density at radius 1 is 0.396 bits per heavy atom. The van der Waals surface area contributed by atoms with Gasteiger partial charge >= 0.3 is 0 Å². The van der Waals surface area contributed by atoms with E-state index in [-0.39, 0.29) is 22.3 Å². The fraction of sp³-hybridized carbons (Fsp3) is 0. The maximum Gasteiger partial charge on any atom is 0.164 e. The van der Waals surface area contributed by atoms with Gasteiger partial charge in [0, 0.05) is 42.4 Å². The molecular formula is C49H31N3S. The van der Waals surface area contributed by atoms with Crippen molar-refractivity contribution in [2.45, 2.75) is 0 Å². The minimum Gasteiger partial charge on any atom is -0.208 e. The SMILES string of the molecule is [2H]c1c([2H])c([2H])c(-c2cc(-c3c([2H])c([2H])c([2H])c([2H])c3[2H])c3sc4cccc(-c5nc(-c6ccccc6)nc(-c6ccc(-c7ccc8ccccc8c7)cc6)n5)c4c3c2)c([2H])c1[2H]. The van der Waals surface area contributed by atoms with E-state index in [1.165, 1.54) is 11.3 Å². The number of hydrogen-bond donors (Lipinski definition) is 0. The summed E-state index contributed by atoms with van der Waals surface area (Å²) in [6, 6.07) is 36.2. The fourth-order valence-corrected chi connectivity index (χ4v) is 7.98. The lowest BCUT2D eigenvalue weighted by molar-refractivity contribution is 1.08. The van der Waals surface area contributed by atoms with E-state index in [9.17, 15) is 0 Å². The molecule has 2 aromatic heterocycles. The quantitative estimate of drug-likeness (QED) is 0.173. The van der Waals surface area contributed by atoms with E-state index in [1.807, 2.05) is 84.9 Å². The molecule has 8 aromatic carbocycles. The number of nitrogens with zero attached hydrogens (tertiary/aromatic N) is 3. The van der Waals surface area contributed by atoms with Crippen LogP contribution in [-0.4, -0.2) is 15.0 Å². The molecule has 0 aliphatic rings. The molecule has 0 bridgehead atoms. The summed E-state index contributed by atoms with van der Waals surface area (Å²) in [5.41, 5.74) is 4.54. The van der Waals surface area contributed by atoms with E-state index in [4.69, 9.17) is 28.7 Å². The summed E-state index contributed by atoms with van der Waals surface area (Å²) in [5.74, 6) is 1.21. The van der Waals surface area contributed by atoms with Crippen LogP contribution in [0.25, 0.3) is 98.5 Å². The maximum atomic E-state index is 8.97. The molecule has 0 unspecified atom stereocenters. The van der Waals surface area contributed by atoms with E-state index in [0.717, 1.165) is 37.7 Å². The monoisotopic (exact) mass is 703 g/mol. The summed E-state index contributed by atoms with van der Waals surface area (Å²) >= 11 is 1.34. The largest absolute Gasteiger partial charge is 0.208 e. The van der Waals surface area contributed by atoms with Crippen molar-refractivity contribution in [2.24, 2.45) is 0 Å². The molecule has 10 aromatic rings. The minimum atomic E-state index is -0.549. The standard InChI is InChI=1S/C49H31N3S/c1-4-13-32(14-5-1)40-30-42(35-16-6-2-7-17-35)46-43(31-40)45-41(21-12-22-44(45)53-46)49-51-47(36-18-8-3-9-19-36)50-48(52-49)37-26-23-34(24-27-37)39-28-25-33-15-10-11-20-38(33)29-39/h1-31H/i1D,2D,4D,5D,6D,7D,13D,14D,16D,17D. The molecule has 3 nitrogen and oxygen atoms in total. The second-order valence-corrected chi connectivity index (χ2v) is 13.5. The van der Waals surface area contributed by atoms with E-state index in [2.05, 4.69) is 30.3 Å². The Morgan fingerprint density at radius 2 is 1.02 bits per heavy atom. The van der Waals surface area contributed by atoms with E-state index in [0.29, 0.717) is 38.5 Å². The zero-order valence-electron chi connectivity index (χ0n) is 37.9. The van der Waals surface area contributed by atoms with Gasteiger partial charge in [-0.2, -0.15) is 0 Å². The Morgan fingerprint density at radius 3 is 1.77 bits per heavy atom. The Labute approximate surface area is 325 Å². The highest BCUT2D eigenvalue weighted by Crippen LogP contribution is 2.45. The van der Waals surface area contributed by atoms with Crippen LogP contribution in [0.1, 0.15) is 13.7 Å². The lowest BCUT2D eigenvalue weighted by Gasteiger charge is -2.11. The Balaban J connectivity index is 1.23. The van der Waals surface area contributed by atoms with Crippen LogP contribution in [0.5, 0.6) is 0 Å². The van der Waals surface area contributed by atoms with Crippen molar-refractivity contribution >= 4 is 42.3 Å². The molecule has 0 atom stereocenters. The van der Waals surface area contributed by atoms with Crippen molar-refractivity contribution < 1.29 is 13.7 Å². The van der Waals surface area contributed by atoms with Crippen molar-refractivity contribution in [2.75, 3.05) is 0 Å². The Hall–Kier alpha value is -6.75. The molecule has 53 heavy (non-hydrogen) atoms. The van der Waals surface area contributed by atoms with Crippen LogP contribution < -0.4 is 0 Å². The molecule has 0 N–H and O–H groups in total. The molecule has 10 rings (SSSR count). The third-order valence-electron chi connectivity index (χ3n) is 9.29. The van der Waals surface area contributed by atoms with Gasteiger partial charge in [-0.1, -0.05) is 164 Å². The first kappa shape index (κ1) is 22.2. The number of benzene rings is 8. The average Bonchev–Trinajstić information content (AvgIpc) is 3.70. The molecule has 0 radical (unpaired) electrons. The van der Waals surface area contributed by atoms with E-state index >= 15 is 0 Å². The van der Waals surface area contributed by atoms with Crippen molar-refractivity contribution in [3.05, 3.63) is 188 Å². The first-order chi connectivity index (χ1) is 30.4. The maximum absolute atomic E-state index is 8.97. The number of hydrogen-bond acceptors (Lipinski definition) is 4. The second kappa shape index (κ2) is 13.1. The Kier molecular flexibility index (Phi) is 5.50. The van der Waals surface area contributed by atoms with Gasteiger partial charge < -0.3 is 0 Å². The van der Waals surface area contributed by atoms with Crippen molar-refractivity contribution in [3.63, 3.8) is 0 Å². The zero-order chi connectivity index (χ0) is 43.8. The van der Waals surface area contributed by atoms with Gasteiger partial charge in [0.05, 0.1) is 13.7 Å². The van der Waals surface area contributed by atoms with Crippen molar-refractivity contribution in [3.8, 4) is 67.5 Å². The molecule has 0 fully saturated rings. The second-order valence-electron chi connectivity index (χ2n) is 12.5. The van der Waals surface area contributed by atoms with Gasteiger partial charge in [0.25, 0.3) is 0 Å². The summed E-state index contributed by atoms with van der Waals surface area (Å²) < 4.78 is 87.6. The molecule has 0 amide bonds. The number of rotatable bonds is 6. The molecule has 0 aliphatic heterocycles. The lowest BCUT2D eigenvalue weighted by Crippen LogP contribution is -2.00. The lowest BCUT2D eigenvalue weighted by atomic mass is 9.95. The van der Waals surface area contributed by atoms with Crippen LogP contribution in [0, 0.1) is 0 Å². The number of thiophene rings is 1. The van der Waals surface area contributed by atoms with E-state index in [1.54, 1.807) is 12.1 Å². The Bertz CT molecular complexity index is 3460. The van der Waals surface area contributed by atoms with Gasteiger partial charge in [-0.05, 0) is 62.9 Å². The van der Waals surface area contributed by atoms with Crippen molar-refractivity contribution in [1.29, 1.82) is 0 Å². The summed E-state index contributed by atoms with van der Waals surface area (Å²) in [5, 5.41) is 3.53. The third-order valence-corrected chi connectivity index (χ3v) is 10.5. The topological polar surface area (TPSA) is 38.7 Å². The third kappa shape index (κ3) is 5.76. The summed E-state index contributed by atoms with van der Waals surface area (Å²) in [6.07, 6.45) is 0. The van der Waals surface area contributed by atoms with Gasteiger partial charge in [0.2, 0.25) is 0 Å². The van der Waals surface area contributed by atoms with Crippen LogP contribution in [0.4, 0.5) is 0 Å². The molecule has 0 spiro atoms. The number of aromatic nitrogens is 3. The highest BCUT2D eigenvalue weighted by atomic mass is 32.1. The van der Waals surface area contributed by atoms with Crippen LogP contribution in [-0.2, 0) is 0 Å². The molecule has 0 saturated heterocycles. The van der Waals surface area contributed by atoms with Gasteiger partial charge in [-0.25, -0.2) is 15.0 Å². The van der Waals surface area contributed by atoms with Gasteiger partial charge in [-0.3, -0.25) is 0 Å². The molecular weight excluding hydrogens is 663 g/mol. The molecule has 4 heteroatoms. The van der Waals surface area contributed by atoms with Gasteiger partial charge in [0.15, 0.2) is 17.5 Å². The smallest absolute Gasteiger partial charge is 0.164 e. The first-order valence-electron chi connectivity index (χ1n) is 21.9. The number of fused-ring (bicyclic) bond motifs is 4. The summed E-state index contributed by atoms with van der Waals surface area (Å²) in [7, 11) is 0. The first-order valence-corrected chi connectivity index (χ1v) is 17.8. The predicted molar refractivity (Wildman–Crippen MR) is 223 cm³/mol. The molecule has 2 heterocycles. The van der Waals surface area contributed by atoms with Crippen LogP contribution in [0.15, 0.2) is 188 Å². The van der Waals surface area contributed by atoms with Crippen LogP contribution in [0.3, 0.4) is 0 Å². The molecule has 248 valence electrons. The highest BCUT2D eigenvalue weighted by Gasteiger charge is 2.20. The van der Waals surface area contributed by atoms with Crippen molar-refractivity contribution in [1.82, 2.24) is 15.0 Å². The summed E-state index contributed by atoms with van der Waals surface area (Å²) in [4.78, 5) is 15.1. The molecule has 0 saturated carbocycles. The van der Waals surface area contributed by atoms with Gasteiger partial charge in [0.1, 0.15) is 0 Å². The normalized spacial score (nSPS) is 14.0. The average molecular weight is 704 g/mol. The summed E-state index contributed by atoms with van der Waals surface area (Å²) in [6.45, 7) is 0. The zero-order valence-corrected chi connectivity index (χ0v) is 28.7. The minimum absolute atomic E-state index is 0.0747. The van der Waals surface area contributed by atoms with Gasteiger partial charge in [-0.15, -0.1) is 11.3 Å².